The minimum absolute atomic E-state index is 0.104. The third kappa shape index (κ3) is 4.49. The molecule has 0 saturated carbocycles. The third-order valence-electron chi connectivity index (χ3n) is 2.68. The lowest BCUT2D eigenvalue weighted by Crippen LogP contribution is -2.24. The number of hydrogen-bond acceptors (Lipinski definition) is 1. The van der Waals surface area contributed by atoms with Gasteiger partial charge in [0.25, 0.3) is 0 Å². The van der Waals surface area contributed by atoms with Gasteiger partial charge in [-0.3, -0.25) is 0 Å². The summed E-state index contributed by atoms with van der Waals surface area (Å²) in [7, 11) is 0. The fourth-order valence-electron chi connectivity index (χ4n) is 1.61. The van der Waals surface area contributed by atoms with E-state index in [1.807, 2.05) is 0 Å². The van der Waals surface area contributed by atoms with Crippen LogP contribution in [0.25, 0.3) is 10.9 Å². The molecule has 2 rings (SSSR count). The maximum absolute atomic E-state index is 12.0. The fourth-order valence-corrected chi connectivity index (χ4v) is 1.61. The summed E-state index contributed by atoms with van der Waals surface area (Å²) in [6.07, 6.45) is 4.50. The van der Waals surface area contributed by atoms with Crippen molar-refractivity contribution in [3.63, 3.8) is 0 Å². The molecule has 0 bridgehead atoms. The van der Waals surface area contributed by atoms with E-state index in [1.54, 1.807) is 0 Å². The number of fused-ring (bicyclic) bond motifs is 1. The predicted octanol–water partition coefficient (Wildman–Crippen LogP) is 3.81. The lowest BCUT2D eigenvalue weighted by Gasteiger charge is -2.07. The van der Waals surface area contributed by atoms with Gasteiger partial charge in [0, 0.05) is 23.6 Å². The number of H-pyrrole nitrogens is 1. The van der Waals surface area contributed by atoms with E-state index in [-0.39, 0.29) is 6.54 Å². The van der Waals surface area contributed by atoms with Crippen molar-refractivity contribution in [3.8, 4) is 0 Å². The third-order valence-corrected chi connectivity index (χ3v) is 2.68. The molecule has 0 aliphatic rings. The first-order valence-electron chi connectivity index (χ1n) is 6.42. The summed E-state index contributed by atoms with van der Waals surface area (Å²) in [6, 6.07) is 8.45. The van der Waals surface area contributed by atoms with Crippen LogP contribution in [0.3, 0.4) is 0 Å². The lowest BCUT2D eigenvalue weighted by molar-refractivity contribution is 0.228. The Balaban J connectivity index is 0.000000232. The minimum atomic E-state index is -1.18. The number of aryl methyl sites for hydroxylation is 1. The molecule has 0 aliphatic carbocycles. The molecule has 0 amide bonds. The predicted molar refractivity (Wildman–Crippen MR) is 76.5 cm³/mol. The summed E-state index contributed by atoms with van der Waals surface area (Å²) < 4.78 is 12.0. The molecule has 0 aliphatic heterocycles. The van der Waals surface area contributed by atoms with Gasteiger partial charge in [0.15, 0.2) is 0 Å². The van der Waals surface area contributed by atoms with Crippen molar-refractivity contribution in [3.05, 3.63) is 36.0 Å². The van der Waals surface area contributed by atoms with Crippen molar-refractivity contribution in [2.45, 2.75) is 39.3 Å². The average molecular weight is 250 g/mol. The number of alkyl halides is 1. The SMILES string of the molecule is CC(C)(F)CN.CCCc1c[nH]c2ccccc12. The Morgan fingerprint density at radius 3 is 2.44 bits per heavy atom. The van der Waals surface area contributed by atoms with Gasteiger partial charge in [-0.15, -0.1) is 0 Å². The van der Waals surface area contributed by atoms with Crippen molar-refractivity contribution < 1.29 is 4.39 Å². The van der Waals surface area contributed by atoms with Crippen LogP contribution in [0.1, 0.15) is 32.8 Å². The molecule has 1 aromatic heterocycles. The lowest BCUT2D eigenvalue weighted by atomic mass is 10.1. The summed E-state index contributed by atoms with van der Waals surface area (Å²) in [4.78, 5) is 3.27. The van der Waals surface area contributed by atoms with Gasteiger partial charge in [-0.05, 0) is 31.9 Å². The van der Waals surface area contributed by atoms with Gasteiger partial charge in [-0.2, -0.15) is 0 Å². The van der Waals surface area contributed by atoms with Crippen LogP contribution >= 0.6 is 0 Å². The Morgan fingerprint density at radius 2 is 1.89 bits per heavy atom. The number of rotatable bonds is 3. The van der Waals surface area contributed by atoms with Gasteiger partial charge < -0.3 is 10.7 Å². The maximum atomic E-state index is 12.0. The summed E-state index contributed by atoms with van der Waals surface area (Å²) in [5.41, 5.74) is 6.44. The van der Waals surface area contributed by atoms with Crippen molar-refractivity contribution >= 4 is 10.9 Å². The molecule has 2 nitrogen and oxygen atoms in total. The maximum Gasteiger partial charge on any atom is 0.117 e. The number of nitrogens with one attached hydrogen (secondary N) is 1. The van der Waals surface area contributed by atoms with Crippen LogP contribution in [0.2, 0.25) is 0 Å². The number of halogens is 1. The van der Waals surface area contributed by atoms with Crippen LogP contribution in [-0.2, 0) is 6.42 Å². The second kappa shape index (κ2) is 6.55. The molecular formula is C15H23FN2. The second-order valence-corrected chi connectivity index (χ2v) is 5.03. The first-order valence-corrected chi connectivity index (χ1v) is 6.42. The Morgan fingerprint density at radius 1 is 1.28 bits per heavy atom. The zero-order valence-electron chi connectivity index (χ0n) is 11.5. The largest absolute Gasteiger partial charge is 0.361 e. The highest BCUT2D eigenvalue weighted by atomic mass is 19.1. The van der Waals surface area contributed by atoms with Crippen molar-refractivity contribution in [1.82, 2.24) is 4.98 Å². The molecule has 3 N–H and O–H groups in total. The van der Waals surface area contributed by atoms with Gasteiger partial charge >= 0.3 is 0 Å². The summed E-state index contributed by atoms with van der Waals surface area (Å²) in [5.74, 6) is 0. The first-order chi connectivity index (χ1) is 8.48. The van der Waals surface area contributed by atoms with Crippen LogP contribution in [0.15, 0.2) is 30.5 Å². The summed E-state index contributed by atoms with van der Waals surface area (Å²) in [5, 5.41) is 1.37. The van der Waals surface area contributed by atoms with Crippen LogP contribution in [0.4, 0.5) is 4.39 Å². The Labute approximate surface area is 108 Å². The molecule has 1 aromatic carbocycles. The van der Waals surface area contributed by atoms with Gasteiger partial charge in [0.2, 0.25) is 0 Å². The standard InChI is InChI=1S/C11H13N.C4H10FN/c1-2-5-9-8-12-11-7-4-3-6-10(9)11;1-4(2,5)3-6/h3-4,6-8,12H,2,5H2,1H3;3,6H2,1-2H3. The monoisotopic (exact) mass is 250 g/mol. The number of aromatic amines is 1. The van der Waals surface area contributed by atoms with Gasteiger partial charge in [-0.25, -0.2) is 4.39 Å². The number of benzene rings is 1. The van der Waals surface area contributed by atoms with E-state index in [4.69, 9.17) is 5.73 Å². The molecule has 0 fully saturated rings. The topological polar surface area (TPSA) is 41.8 Å². The first kappa shape index (κ1) is 14.7. The van der Waals surface area contributed by atoms with Crippen LogP contribution in [0.5, 0.6) is 0 Å². The molecule has 1 heterocycles. The van der Waals surface area contributed by atoms with Crippen LogP contribution in [0, 0.1) is 0 Å². The number of nitrogens with two attached hydrogens (primary N) is 1. The minimum Gasteiger partial charge on any atom is -0.361 e. The van der Waals surface area contributed by atoms with Gasteiger partial charge in [-0.1, -0.05) is 31.5 Å². The van der Waals surface area contributed by atoms with Crippen LogP contribution in [-0.4, -0.2) is 17.2 Å². The number of para-hydroxylation sites is 1. The average Bonchev–Trinajstić information content (AvgIpc) is 2.74. The molecule has 0 saturated heterocycles. The zero-order valence-corrected chi connectivity index (χ0v) is 11.5. The molecule has 3 heteroatoms. The molecule has 18 heavy (non-hydrogen) atoms. The van der Waals surface area contributed by atoms with E-state index in [1.165, 1.54) is 43.2 Å². The smallest absolute Gasteiger partial charge is 0.117 e. The van der Waals surface area contributed by atoms with Crippen molar-refractivity contribution in [1.29, 1.82) is 0 Å². The van der Waals surface area contributed by atoms with Crippen molar-refractivity contribution in [2.75, 3.05) is 6.54 Å². The highest BCUT2D eigenvalue weighted by Gasteiger charge is 2.10. The molecule has 0 radical (unpaired) electrons. The Kier molecular flexibility index (Phi) is 5.35. The second-order valence-electron chi connectivity index (χ2n) is 5.03. The molecular weight excluding hydrogens is 227 g/mol. The normalized spacial score (nSPS) is 11.2. The Bertz CT molecular complexity index is 469. The van der Waals surface area contributed by atoms with Crippen molar-refractivity contribution in [2.24, 2.45) is 5.73 Å². The van der Waals surface area contributed by atoms with Crippen LogP contribution < -0.4 is 5.73 Å². The highest BCUT2D eigenvalue weighted by molar-refractivity contribution is 5.82. The molecule has 2 aromatic rings. The molecule has 100 valence electrons. The van der Waals surface area contributed by atoms with E-state index in [9.17, 15) is 4.39 Å². The number of hydrogen-bond donors (Lipinski definition) is 2. The zero-order chi connectivity index (χ0) is 13.6. The molecule has 0 atom stereocenters. The summed E-state index contributed by atoms with van der Waals surface area (Å²) >= 11 is 0. The summed E-state index contributed by atoms with van der Waals surface area (Å²) in [6.45, 7) is 5.22. The van der Waals surface area contributed by atoms with E-state index < -0.39 is 5.67 Å². The van der Waals surface area contributed by atoms with E-state index in [0.29, 0.717) is 0 Å². The highest BCUT2D eigenvalue weighted by Crippen LogP contribution is 2.18. The van der Waals surface area contributed by atoms with E-state index in [2.05, 4.69) is 42.4 Å². The molecule has 0 unspecified atom stereocenters. The van der Waals surface area contributed by atoms with E-state index in [0.717, 1.165) is 0 Å². The van der Waals surface area contributed by atoms with Gasteiger partial charge in [0.1, 0.15) is 5.67 Å². The quantitative estimate of drug-likeness (QED) is 0.854. The van der Waals surface area contributed by atoms with E-state index >= 15 is 0 Å². The fraction of sp³-hybridized carbons (Fsp3) is 0.467. The number of aromatic nitrogens is 1. The Hall–Kier alpha value is -1.35. The molecule has 0 spiro atoms. The van der Waals surface area contributed by atoms with Gasteiger partial charge in [0.05, 0.1) is 0 Å².